The van der Waals surface area contributed by atoms with Crippen LogP contribution in [0.25, 0.3) is 0 Å². The zero-order valence-electron chi connectivity index (χ0n) is 13.4. The molecule has 1 N–H and O–H groups in total. The van der Waals surface area contributed by atoms with Gasteiger partial charge in [0.15, 0.2) is 0 Å². The summed E-state index contributed by atoms with van der Waals surface area (Å²) in [5.74, 6) is -5.17. The first-order valence-corrected chi connectivity index (χ1v) is 7.79. The molecule has 1 fully saturated rings. The van der Waals surface area contributed by atoms with Crippen molar-refractivity contribution in [1.82, 2.24) is 5.32 Å². The van der Waals surface area contributed by atoms with Crippen molar-refractivity contribution < 1.29 is 31.5 Å². The Morgan fingerprint density at radius 1 is 1.36 bits per heavy atom. The van der Waals surface area contributed by atoms with Crippen molar-refractivity contribution in [2.75, 3.05) is 37.7 Å². The molecule has 25 heavy (non-hydrogen) atoms. The molecule has 1 aliphatic heterocycles. The Labute approximate surface area is 141 Å². The van der Waals surface area contributed by atoms with Gasteiger partial charge in [-0.15, -0.1) is 0 Å². The van der Waals surface area contributed by atoms with Gasteiger partial charge in [0.2, 0.25) is 5.91 Å². The Kier molecular flexibility index (Phi) is 6.57. The predicted octanol–water partition coefficient (Wildman–Crippen LogP) is 2.69. The maximum atomic E-state index is 13.7. The van der Waals surface area contributed by atoms with Gasteiger partial charge in [0.05, 0.1) is 5.69 Å². The summed E-state index contributed by atoms with van der Waals surface area (Å²) >= 11 is 0. The SMILES string of the molecule is O=C(COCC(F)(F)C(F)F)NC[C@@H]1CCN(c2ccccc2F)C1. The van der Waals surface area contributed by atoms with E-state index < -0.39 is 31.5 Å². The summed E-state index contributed by atoms with van der Waals surface area (Å²) < 4.78 is 67.2. The van der Waals surface area contributed by atoms with Crippen LogP contribution in [0.1, 0.15) is 6.42 Å². The minimum absolute atomic E-state index is 0.0751. The van der Waals surface area contributed by atoms with E-state index in [9.17, 15) is 26.7 Å². The third kappa shape index (κ3) is 5.55. The first-order chi connectivity index (χ1) is 11.8. The Balaban J connectivity index is 1.69. The van der Waals surface area contributed by atoms with Gasteiger partial charge in [-0.25, -0.2) is 13.2 Å². The van der Waals surface area contributed by atoms with Crippen molar-refractivity contribution in [2.24, 2.45) is 5.92 Å². The van der Waals surface area contributed by atoms with Crippen LogP contribution in [-0.2, 0) is 9.53 Å². The van der Waals surface area contributed by atoms with E-state index in [0.29, 0.717) is 18.8 Å². The summed E-state index contributed by atoms with van der Waals surface area (Å²) in [6.45, 7) is -0.767. The van der Waals surface area contributed by atoms with Crippen LogP contribution < -0.4 is 10.2 Å². The summed E-state index contributed by atoms with van der Waals surface area (Å²) in [5.41, 5.74) is 0.494. The number of nitrogens with one attached hydrogen (secondary N) is 1. The Bertz CT molecular complexity index is 585. The average Bonchev–Trinajstić information content (AvgIpc) is 3.02. The van der Waals surface area contributed by atoms with Crippen LogP contribution in [0.5, 0.6) is 0 Å². The van der Waals surface area contributed by atoms with E-state index in [1.54, 1.807) is 18.2 Å². The molecule has 140 valence electrons. The van der Waals surface area contributed by atoms with Crippen molar-refractivity contribution in [3.63, 3.8) is 0 Å². The number of alkyl halides is 4. The summed E-state index contributed by atoms with van der Waals surface area (Å²) in [4.78, 5) is 13.4. The summed E-state index contributed by atoms with van der Waals surface area (Å²) in [6.07, 6.45) is -3.10. The molecule has 2 rings (SSSR count). The van der Waals surface area contributed by atoms with Gasteiger partial charge < -0.3 is 15.0 Å². The van der Waals surface area contributed by atoms with Gasteiger partial charge >= 0.3 is 12.3 Å². The average molecular weight is 366 g/mol. The lowest BCUT2D eigenvalue weighted by atomic mass is 10.1. The molecule has 0 spiro atoms. The van der Waals surface area contributed by atoms with Gasteiger partial charge in [0, 0.05) is 19.6 Å². The van der Waals surface area contributed by atoms with Crippen LogP contribution in [-0.4, -0.2) is 51.1 Å². The predicted molar refractivity (Wildman–Crippen MR) is 81.5 cm³/mol. The number of nitrogens with zero attached hydrogens (tertiary/aromatic N) is 1. The standard InChI is InChI=1S/C16H19F5N2O2/c17-12-3-1-2-4-13(12)23-6-5-11(8-23)7-22-14(24)9-25-10-16(20,21)15(18)19/h1-4,11,15H,5-10H2,(H,22,24)/t11-/m0/s1. The monoisotopic (exact) mass is 366 g/mol. The van der Waals surface area contributed by atoms with E-state index in [-0.39, 0.29) is 18.3 Å². The number of anilines is 1. The van der Waals surface area contributed by atoms with Crippen LogP contribution in [0.15, 0.2) is 24.3 Å². The van der Waals surface area contributed by atoms with Gasteiger partial charge in [0.1, 0.15) is 19.0 Å². The molecule has 1 amide bonds. The lowest BCUT2D eigenvalue weighted by Gasteiger charge is -2.19. The van der Waals surface area contributed by atoms with Crippen LogP contribution in [0, 0.1) is 11.7 Å². The van der Waals surface area contributed by atoms with E-state index in [2.05, 4.69) is 10.1 Å². The third-order valence-corrected chi connectivity index (χ3v) is 3.91. The van der Waals surface area contributed by atoms with Crippen LogP contribution >= 0.6 is 0 Å². The number of amides is 1. The fourth-order valence-corrected chi connectivity index (χ4v) is 2.58. The molecule has 1 aliphatic rings. The molecule has 4 nitrogen and oxygen atoms in total. The normalized spacial score (nSPS) is 18.0. The zero-order chi connectivity index (χ0) is 18.4. The smallest absolute Gasteiger partial charge is 0.330 e. The van der Waals surface area contributed by atoms with E-state index >= 15 is 0 Å². The van der Waals surface area contributed by atoms with E-state index in [0.717, 1.165) is 6.42 Å². The summed E-state index contributed by atoms with van der Waals surface area (Å²) in [5, 5.41) is 2.51. The van der Waals surface area contributed by atoms with E-state index in [4.69, 9.17) is 0 Å². The zero-order valence-corrected chi connectivity index (χ0v) is 13.4. The number of rotatable bonds is 8. The Morgan fingerprint density at radius 2 is 2.08 bits per heavy atom. The van der Waals surface area contributed by atoms with E-state index in [1.165, 1.54) is 6.07 Å². The number of carbonyl (C=O) groups is 1. The number of hydrogen-bond acceptors (Lipinski definition) is 3. The van der Waals surface area contributed by atoms with Crippen LogP contribution in [0.2, 0.25) is 0 Å². The Morgan fingerprint density at radius 3 is 2.76 bits per heavy atom. The summed E-state index contributed by atoms with van der Waals surface area (Å²) in [6, 6.07) is 6.38. The molecule has 1 atom stereocenters. The number of carbonyl (C=O) groups excluding carboxylic acids is 1. The molecule has 1 aromatic carbocycles. The highest BCUT2D eigenvalue weighted by atomic mass is 19.3. The number of benzene rings is 1. The molecule has 9 heteroatoms. The fraction of sp³-hybridized carbons (Fsp3) is 0.562. The summed E-state index contributed by atoms with van der Waals surface area (Å²) in [7, 11) is 0. The topological polar surface area (TPSA) is 41.6 Å². The second-order valence-electron chi connectivity index (χ2n) is 5.91. The lowest BCUT2D eigenvalue weighted by molar-refractivity contribution is -0.168. The molecule has 0 aromatic heterocycles. The molecule has 1 saturated heterocycles. The quantitative estimate of drug-likeness (QED) is 0.720. The van der Waals surface area contributed by atoms with Gasteiger partial charge in [-0.1, -0.05) is 12.1 Å². The molecule has 1 aromatic rings. The van der Waals surface area contributed by atoms with Gasteiger partial charge in [-0.05, 0) is 24.5 Å². The van der Waals surface area contributed by atoms with Gasteiger partial charge in [0.25, 0.3) is 0 Å². The molecule has 1 heterocycles. The number of para-hydroxylation sites is 1. The second kappa shape index (κ2) is 8.46. The first kappa shape index (κ1) is 19.4. The number of halogens is 5. The lowest BCUT2D eigenvalue weighted by Crippen LogP contribution is -2.37. The van der Waals surface area contributed by atoms with Crippen molar-refractivity contribution >= 4 is 11.6 Å². The van der Waals surface area contributed by atoms with Crippen LogP contribution in [0.4, 0.5) is 27.6 Å². The molecule has 0 saturated carbocycles. The maximum absolute atomic E-state index is 13.7. The minimum Gasteiger partial charge on any atom is -0.369 e. The van der Waals surface area contributed by atoms with Crippen LogP contribution in [0.3, 0.4) is 0 Å². The van der Waals surface area contributed by atoms with Gasteiger partial charge in [-0.2, -0.15) is 8.78 Å². The van der Waals surface area contributed by atoms with Gasteiger partial charge in [-0.3, -0.25) is 4.79 Å². The molecule has 0 radical (unpaired) electrons. The van der Waals surface area contributed by atoms with E-state index in [1.807, 2.05) is 4.90 Å². The van der Waals surface area contributed by atoms with Crippen molar-refractivity contribution in [1.29, 1.82) is 0 Å². The highest BCUT2D eigenvalue weighted by molar-refractivity contribution is 5.77. The Hall–Kier alpha value is -1.90. The van der Waals surface area contributed by atoms with Crippen molar-refractivity contribution in [2.45, 2.75) is 18.8 Å². The fourth-order valence-electron chi connectivity index (χ4n) is 2.58. The maximum Gasteiger partial charge on any atom is 0.330 e. The number of ether oxygens (including phenoxy) is 1. The highest BCUT2D eigenvalue weighted by Crippen LogP contribution is 2.26. The second-order valence-corrected chi connectivity index (χ2v) is 5.91. The minimum atomic E-state index is -4.27. The third-order valence-electron chi connectivity index (χ3n) is 3.91. The van der Waals surface area contributed by atoms with Crippen molar-refractivity contribution in [3.05, 3.63) is 30.1 Å². The number of hydrogen-bond donors (Lipinski definition) is 1. The molecular formula is C16H19F5N2O2. The first-order valence-electron chi connectivity index (χ1n) is 7.79. The van der Waals surface area contributed by atoms with Crippen molar-refractivity contribution in [3.8, 4) is 0 Å². The largest absolute Gasteiger partial charge is 0.369 e. The molecule has 0 bridgehead atoms. The molecular weight excluding hydrogens is 347 g/mol. The highest BCUT2D eigenvalue weighted by Gasteiger charge is 2.41. The molecule has 0 aliphatic carbocycles. The molecule has 0 unspecified atom stereocenters.